The van der Waals surface area contributed by atoms with Gasteiger partial charge in [0.1, 0.15) is 6.17 Å². The summed E-state index contributed by atoms with van der Waals surface area (Å²) in [6.07, 6.45) is 2.69. The summed E-state index contributed by atoms with van der Waals surface area (Å²) in [4.78, 5) is 0. The van der Waals surface area contributed by atoms with Crippen LogP contribution in [0.2, 0.25) is 0 Å². The molecule has 0 aromatic carbocycles. The Balaban J connectivity index is 2.42. The van der Waals surface area contributed by atoms with Crippen molar-refractivity contribution in [3.05, 3.63) is 36.2 Å². The van der Waals surface area contributed by atoms with Crippen molar-refractivity contribution in [3.63, 3.8) is 0 Å². The van der Waals surface area contributed by atoms with Gasteiger partial charge in [-0.15, -0.1) is 0 Å². The standard InChI is InChI=1S/C10H12FN3/c11-9(4-5-12)8-7-13-14-6-2-1-3-10(8)14/h1-3,6-7,9H,4-5,12H2. The van der Waals surface area contributed by atoms with Crippen molar-refractivity contribution in [2.24, 2.45) is 5.73 Å². The number of rotatable bonds is 3. The largest absolute Gasteiger partial charge is 0.330 e. The first kappa shape index (κ1) is 9.15. The van der Waals surface area contributed by atoms with Crippen LogP contribution in [0.1, 0.15) is 18.2 Å². The first-order valence-electron chi connectivity index (χ1n) is 4.59. The second kappa shape index (κ2) is 3.75. The van der Waals surface area contributed by atoms with Crippen LogP contribution < -0.4 is 5.73 Å². The molecule has 1 atom stereocenters. The highest BCUT2D eigenvalue weighted by atomic mass is 19.1. The minimum absolute atomic E-state index is 0.343. The topological polar surface area (TPSA) is 43.3 Å². The lowest BCUT2D eigenvalue weighted by Gasteiger charge is -2.03. The van der Waals surface area contributed by atoms with Gasteiger partial charge in [-0.2, -0.15) is 5.10 Å². The van der Waals surface area contributed by atoms with E-state index in [4.69, 9.17) is 5.73 Å². The van der Waals surface area contributed by atoms with Crippen LogP contribution in [-0.2, 0) is 0 Å². The van der Waals surface area contributed by atoms with Gasteiger partial charge in [-0.05, 0) is 25.1 Å². The summed E-state index contributed by atoms with van der Waals surface area (Å²) in [6.45, 7) is 0.353. The number of nitrogens with two attached hydrogens (primary N) is 1. The summed E-state index contributed by atoms with van der Waals surface area (Å²) in [5.74, 6) is 0. The zero-order valence-corrected chi connectivity index (χ0v) is 7.73. The van der Waals surface area contributed by atoms with Crippen LogP contribution in [0.15, 0.2) is 30.6 Å². The average molecular weight is 193 g/mol. The van der Waals surface area contributed by atoms with Crippen molar-refractivity contribution in [3.8, 4) is 0 Å². The maximum absolute atomic E-state index is 13.6. The van der Waals surface area contributed by atoms with Crippen LogP contribution in [-0.4, -0.2) is 16.2 Å². The second-order valence-corrected chi connectivity index (χ2v) is 3.18. The molecule has 0 aliphatic carbocycles. The fourth-order valence-corrected chi connectivity index (χ4v) is 1.50. The molecule has 74 valence electrons. The molecule has 2 N–H and O–H groups in total. The first-order valence-corrected chi connectivity index (χ1v) is 4.59. The quantitative estimate of drug-likeness (QED) is 0.806. The Hall–Kier alpha value is -1.42. The van der Waals surface area contributed by atoms with Crippen molar-refractivity contribution in [2.75, 3.05) is 6.54 Å². The van der Waals surface area contributed by atoms with E-state index < -0.39 is 6.17 Å². The van der Waals surface area contributed by atoms with E-state index in [9.17, 15) is 4.39 Å². The van der Waals surface area contributed by atoms with Crippen molar-refractivity contribution >= 4 is 5.52 Å². The number of nitrogens with zero attached hydrogens (tertiary/aromatic N) is 2. The highest BCUT2D eigenvalue weighted by Gasteiger charge is 2.13. The highest BCUT2D eigenvalue weighted by molar-refractivity contribution is 5.54. The average Bonchev–Trinajstić information content (AvgIpc) is 2.61. The molecule has 0 fully saturated rings. The third-order valence-electron chi connectivity index (χ3n) is 2.21. The molecule has 0 radical (unpaired) electrons. The Kier molecular flexibility index (Phi) is 2.45. The van der Waals surface area contributed by atoms with Crippen molar-refractivity contribution < 1.29 is 4.39 Å². The van der Waals surface area contributed by atoms with Gasteiger partial charge in [0.05, 0.1) is 11.7 Å². The Bertz CT molecular complexity index is 424. The Morgan fingerprint density at radius 2 is 2.36 bits per heavy atom. The SMILES string of the molecule is NCCC(F)c1cnn2ccccc12. The normalized spacial score (nSPS) is 13.3. The van der Waals surface area contributed by atoms with Crippen LogP contribution >= 0.6 is 0 Å². The monoisotopic (exact) mass is 193 g/mol. The van der Waals surface area contributed by atoms with E-state index in [1.807, 2.05) is 18.2 Å². The molecule has 2 heterocycles. The number of halogens is 1. The van der Waals surface area contributed by atoms with Gasteiger partial charge in [0.2, 0.25) is 0 Å². The van der Waals surface area contributed by atoms with Gasteiger partial charge in [-0.25, -0.2) is 8.91 Å². The fraction of sp³-hybridized carbons (Fsp3) is 0.300. The number of hydrogen-bond acceptors (Lipinski definition) is 2. The summed E-state index contributed by atoms with van der Waals surface area (Å²) < 4.78 is 15.2. The van der Waals surface area contributed by atoms with Crippen LogP contribution in [0, 0.1) is 0 Å². The number of fused-ring (bicyclic) bond motifs is 1. The number of aromatic nitrogens is 2. The lowest BCUT2D eigenvalue weighted by molar-refractivity contribution is 0.330. The molecule has 0 spiro atoms. The lowest BCUT2D eigenvalue weighted by atomic mass is 10.1. The minimum atomic E-state index is -1.01. The molecule has 0 saturated carbocycles. The summed E-state index contributed by atoms with van der Waals surface area (Å²) in [7, 11) is 0. The van der Waals surface area contributed by atoms with Crippen molar-refractivity contribution in [2.45, 2.75) is 12.6 Å². The van der Waals surface area contributed by atoms with E-state index in [1.54, 1.807) is 16.9 Å². The zero-order chi connectivity index (χ0) is 9.97. The predicted octanol–water partition coefficient (Wildman–Crippen LogP) is 1.69. The molecule has 0 bridgehead atoms. The van der Waals surface area contributed by atoms with E-state index in [-0.39, 0.29) is 0 Å². The van der Waals surface area contributed by atoms with E-state index in [2.05, 4.69) is 5.10 Å². The summed E-state index contributed by atoms with van der Waals surface area (Å²) in [6, 6.07) is 5.58. The molecular weight excluding hydrogens is 181 g/mol. The molecule has 4 heteroatoms. The molecule has 0 amide bonds. The van der Waals surface area contributed by atoms with Gasteiger partial charge in [-0.3, -0.25) is 0 Å². The van der Waals surface area contributed by atoms with Gasteiger partial charge in [0.25, 0.3) is 0 Å². The highest BCUT2D eigenvalue weighted by Crippen LogP contribution is 2.24. The molecule has 2 rings (SSSR count). The van der Waals surface area contributed by atoms with E-state index >= 15 is 0 Å². The summed E-state index contributed by atoms with van der Waals surface area (Å²) in [5, 5.41) is 4.06. The van der Waals surface area contributed by atoms with Gasteiger partial charge >= 0.3 is 0 Å². The van der Waals surface area contributed by atoms with Crippen LogP contribution in [0.25, 0.3) is 5.52 Å². The van der Waals surface area contributed by atoms with Crippen molar-refractivity contribution in [1.82, 2.24) is 9.61 Å². The maximum Gasteiger partial charge on any atom is 0.130 e. The second-order valence-electron chi connectivity index (χ2n) is 3.18. The molecule has 3 nitrogen and oxygen atoms in total. The van der Waals surface area contributed by atoms with E-state index in [0.29, 0.717) is 18.5 Å². The van der Waals surface area contributed by atoms with Crippen LogP contribution in [0.4, 0.5) is 4.39 Å². The Labute approximate surface area is 81.3 Å². The van der Waals surface area contributed by atoms with Crippen molar-refractivity contribution in [1.29, 1.82) is 0 Å². The molecule has 0 aliphatic heterocycles. The number of pyridine rings is 1. The maximum atomic E-state index is 13.6. The van der Waals surface area contributed by atoms with Gasteiger partial charge < -0.3 is 5.73 Å². The summed E-state index contributed by atoms with van der Waals surface area (Å²) in [5.41, 5.74) is 6.75. The third-order valence-corrected chi connectivity index (χ3v) is 2.21. The Morgan fingerprint density at radius 1 is 1.50 bits per heavy atom. The van der Waals surface area contributed by atoms with Gasteiger partial charge in [-0.1, -0.05) is 6.07 Å². The number of hydrogen-bond donors (Lipinski definition) is 1. The lowest BCUT2D eigenvalue weighted by Crippen LogP contribution is -2.03. The molecule has 1 unspecified atom stereocenters. The summed E-state index contributed by atoms with van der Waals surface area (Å²) >= 11 is 0. The first-order chi connectivity index (χ1) is 6.83. The molecule has 2 aromatic heterocycles. The predicted molar refractivity (Wildman–Crippen MR) is 52.7 cm³/mol. The fourth-order valence-electron chi connectivity index (χ4n) is 1.50. The molecule has 2 aromatic rings. The number of alkyl halides is 1. The molecule has 0 aliphatic rings. The van der Waals surface area contributed by atoms with E-state index in [0.717, 1.165) is 5.52 Å². The Morgan fingerprint density at radius 3 is 3.14 bits per heavy atom. The van der Waals surface area contributed by atoms with E-state index in [1.165, 1.54) is 0 Å². The molecule has 0 saturated heterocycles. The zero-order valence-electron chi connectivity index (χ0n) is 7.73. The molecule has 14 heavy (non-hydrogen) atoms. The van der Waals surface area contributed by atoms with Crippen LogP contribution in [0.3, 0.4) is 0 Å². The third kappa shape index (κ3) is 1.48. The minimum Gasteiger partial charge on any atom is -0.330 e. The van der Waals surface area contributed by atoms with Gasteiger partial charge in [0.15, 0.2) is 0 Å². The smallest absolute Gasteiger partial charge is 0.130 e. The van der Waals surface area contributed by atoms with Gasteiger partial charge in [0, 0.05) is 11.8 Å². The molecular formula is C10H12FN3. The van der Waals surface area contributed by atoms with Crippen LogP contribution in [0.5, 0.6) is 0 Å².